The van der Waals surface area contributed by atoms with Gasteiger partial charge in [-0.2, -0.15) is 0 Å². The van der Waals surface area contributed by atoms with Gasteiger partial charge in [0.05, 0.1) is 6.10 Å². The number of rotatable bonds is 4. The second-order valence-electron chi connectivity index (χ2n) is 13.7. The first-order valence-electron chi connectivity index (χ1n) is 15.9. The van der Waals surface area contributed by atoms with Crippen LogP contribution in [0.2, 0.25) is 0 Å². The summed E-state index contributed by atoms with van der Waals surface area (Å²) in [6, 6.07) is 8.96. The summed E-state index contributed by atoms with van der Waals surface area (Å²) >= 11 is 0. The zero-order valence-electron chi connectivity index (χ0n) is 26.3. The molecule has 4 aliphatic carbocycles. The van der Waals surface area contributed by atoms with E-state index in [4.69, 9.17) is 16.3 Å². The number of amides is 1. The van der Waals surface area contributed by atoms with Crippen molar-refractivity contribution in [1.82, 2.24) is 4.90 Å². The topological polar surface area (TPSA) is 90.3 Å². The van der Waals surface area contributed by atoms with Gasteiger partial charge in [-0.05, 0) is 105 Å². The molecule has 0 aromatic heterocycles. The largest absolute Gasteiger partial charge is 0.393 e. The zero-order valence-corrected chi connectivity index (χ0v) is 26.3. The molecule has 232 valence electrons. The van der Waals surface area contributed by atoms with Crippen molar-refractivity contribution in [2.45, 2.75) is 83.3 Å². The summed E-state index contributed by atoms with van der Waals surface area (Å²) < 4.78 is 4.85. The minimum atomic E-state index is -0.422. The third-order valence-electron chi connectivity index (χ3n) is 11.0. The number of methoxy groups -OCH3 is 1. The molecule has 6 rings (SSSR count). The first-order valence-corrected chi connectivity index (χ1v) is 15.9. The molecular formula is C36H48N2O5. The van der Waals surface area contributed by atoms with E-state index in [1.165, 1.54) is 16.7 Å². The number of ether oxygens (including phenoxy) is 1. The van der Waals surface area contributed by atoms with Gasteiger partial charge < -0.3 is 24.7 Å². The predicted molar refractivity (Wildman–Crippen MR) is 169 cm³/mol. The molecule has 1 aromatic carbocycles. The summed E-state index contributed by atoms with van der Waals surface area (Å²) in [6.07, 6.45) is 13.3. The van der Waals surface area contributed by atoms with Crippen molar-refractivity contribution in [1.29, 1.82) is 0 Å². The van der Waals surface area contributed by atoms with Crippen LogP contribution in [0.25, 0.3) is 0 Å². The fourth-order valence-corrected chi connectivity index (χ4v) is 8.22. The normalized spacial score (nSPS) is 30.3. The Labute approximate surface area is 257 Å². The summed E-state index contributed by atoms with van der Waals surface area (Å²) in [5, 5.41) is 20.2. The van der Waals surface area contributed by atoms with Gasteiger partial charge in [0.2, 0.25) is 5.91 Å². The van der Waals surface area contributed by atoms with Crippen LogP contribution in [0.4, 0.5) is 5.69 Å². The van der Waals surface area contributed by atoms with Gasteiger partial charge in [-0.1, -0.05) is 30.6 Å². The number of carbonyl (C=O) groups is 2. The SMILES string of the molecule is C#CC(C)(C)OC.CC12CC(c3ccc(N4CCN(C(=O)CO)CC4)cc3)C3=C4CCC(=O)C=C4CCC3C1CCC2O. The fraction of sp³-hybridized carbons (Fsp3) is 0.611. The number of piperazine rings is 1. The maximum Gasteiger partial charge on any atom is 0.248 e. The van der Waals surface area contributed by atoms with Gasteiger partial charge in [-0.25, -0.2) is 0 Å². The highest BCUT2D eigenvalue weighted by Crippen LogP contribution is 2.63. The average molecular weight is 589 g/mol. The lowest BCUT2D eigenvalue weighted by Crippen LogP contribution is -2.49. The van der Waals surface area contributed by atoms with Gasteiger partial charge in [0.15, 0.2) is 5.78 Å². The van der Waals surface area contributed by atoms with E-state index in [2.05, 4.69) is 42.0 Å². The third-order valence-corrected chi connectivity index (χ3v) is 11.0. The minimum Gasteiger partial charge on any atom is -0.393 e. The van der Waals surface area contributed by atoms with Crippen LogP contribution < -0.4 is 4.90 Å². The molecule has 1 aliphatic heterocycles. The molecule has 2 N–H and O–H groups in total. The summed E-state index contributed by atoms with van der Waals surface area (Å²) in [6.45, 7) is 8.37. The van der Waals surface area contributed by atoms with Crippen molar-refractivity contribution in [3.05, 3.63) is 52.6 Å². The van der Waals surface area contributed by atoms with Crippen molar-refractivity contribution in [2.24, 2.45) is 17.3 Å². The van der Waals surface area contributed by atoms with Crippen molar-refractivity contribution < 1.29 is 24.5 Å². The molecule has 5 unspecified atom stereocenters. The molecule has 0 radical (unpaired) electrons. The van der Waals surface area contributed by atoms with Gasteiger partial charge in [0.1, 0.15) is 12.2 Å². The first-order chi connectivity index (χ1) is 20.5. The smallest absolute Gasteiger partial charge is 0.248 e. The van der Waals surface area contributed by atoms with E-state index >= 15 is 0 Å². The number of benzene rings is 1. The summed E-state index contributed by atoms with van der Waals surface area (Å²) in [5.41, 5.74) is 6.33. The van der Waals surface area contributed by atoms with Crippen LogP contribution in [0.5, 0.6) is 0 Å². The molecule has 1 saturated heterocycles. The van der Waals surface area contributed by atoms with Crippen LogP contribution in [0.15, 0.2) is 47.1 Å². The number of fused-ring (bicyclic) bond motifs is 4. The van der Waals surface area contributed by atoms with E-state index in [-0.39, 0.29) is 34.7 Å². The number of aliphatic hydroxyl groups is 2. The highest BCUT2D eigenvalue weighted by molar-refractivity contribution is 5.93. The van der Waals surface area contributed by atoms with Crippen molar-refractivity contribution in [3.8, 4) is 12.3 Å². The number of aliphatic hydroxyl groups excluding tert-OH is 2. The molecule has 0 bridgehead atoms. The molecule has 5 aliphatic rings. The van der Waals surface area contributed by atoms with Crippen molar-refractivity contribution in [3.63, 3.8) is 0 Å². The van der Waals surface area contributed by atoms with Gasteiger partial charge in [0, 0.05) is 51.3 Å². The number of carbonyl (C=O) groups excluding carboxylic acids is 2. The second kappa shape index (κ2) is 12.6. The van der Waals surface area contributed by atoms with Gasteiger partial charge >= 0.3 is 0 Å². The molecule has 5 atom stereocenters. The van der Waals surface area contributed by atoms with Gasteiger partial charge in [0.25, 0.3) is 0 Å². The number of nitrogens with zero attached hydrogens (tertiary/aromatic N) is 2. The van der Waals surface area contributed by atoms with Crippen LogP contribution >= 0.6 is 0 Å². The lowest BCUT2D eigenvalue weighted by atomic mass is 9.53. The van der Waals surface area contributed by atoms with E-state index < -0.39 is 6.61 Å². The van der Waals surface area contributed by atoms with E-state index in [1.807, 2.05) is 19.9 Å². The lowest BCUT2D eigenvalue weighted by Gasteiger charge is -2.52. The molecule has 1 aromatic rings. The van der Waals surface area contributed by atoms with Crippen LogP contribution in [0.1, 0.15) is 77.2 Å². The van der Waals surface area contributed by atoms with Crippen LogP contribution in [0.3, 0.4) is 0 Å². The number of allylic oxidation sites excluding steroid dienone is 4. The summed E-state index contributed by atoms with van der Waals surface area (Å²) in [7, 11) is 1.60. The monoisotopic (exact) mass is 588 g/mol. The Bertz CT molecular complexity index is 1310. The Hall–Kier alpha value is -2.92. The van der Waals surface area contributed by atoms with Crippen molar-refractivity contribution in [2.75, 3.05) is 44.8 Å². The van der Waals surface area contributed by atoms with E-state index in [0.29, 0.717) is 31.3 Å². The van der Waals surface area contributed by atoms with Gasteiger partial charge in [-0.15, -0.1) is 6.42 Å². The standard InChI is InChI=1S/C30H38N2O4.C6H10O/c1-30-17-25(19-2-5-21(6-3-19)31-12-14-32(15-13-31)28(36)18-33)29-23-9-7-22(34)16-20(23)4-8-24(29)26(30)10-11-27(30)35;1-5-6(2,3)7-4/h2-3,5-6,16,24-27,33,35H,4,7-15,17-18H2,1H3;1H,2-4H3. The summed E-state index contributed by atoms with van der Waals surface area (Å²) in [5.74, 6) is 3.86. The van der Waals surface area contributed by atoms with Crippen LogP contribution in [0, 0.1) is 29.6 Å². The van der Waals surface area contributed by atoms with Crippen LogP contribution in [-0.4, -0.2) is 78.4 Å². The van der Waals surface area contributed by atoms with Crippen LogP contribution in [-0.2, 0) is 14.3 Å². The predicted octanol–water partition coefficient (Wildman–Crippen LogP) is 4.63. The minimum absolute atomic E-state index is 0.0562. The fourth-order valence-electron chi connectivity index (χ4n) is 8.22. The molecule has 3 fully saturated rings. The Balaban J connectivity index is 0.000000472. The molecule has 1 amide bonds. The number of anilines is 1. The number of ketones is 1. The summed E-state index contributed by atoms with van der Waals surface area (Å²) in [4.78, 5) is 28.0. The maximum atomic E-state index is 12.2. The molecule has 43 heavy (non-hydrogen) atoms. The number of terminal acetylenes is 1. The quantitative estimate of drug-likeness (QED) is 0.499. The van der Waals surface area contributed by atoms with E-state index in [1.54, 1.807) is 17.6 Å². The third kappa shape index (κ3) is 6.20. The zero-order chi connectivity index (χ0) is 30.9. The Morgan fingerprint density at radius 2 is 1.79 bits per heavy atom. The Morgan fingerprint density at radius 1 is 1.09 bits per heavy atom. The molecule has 2 saturated carbocycles. The average Bonchev–Trinajstić information content (AvgIpc) is 3.34. The first kappa shape index (κ1) is 31.5. The molecule has 7 nitrogen and oxygen atoms in total. The highest BCUT2D eigenvalue weighted by atomic mass is 16.5. The highest BCUT2D eigenvalue weighted by Gasteiger charge is 2.56. The lowest BCUT2D eigenvalue weighted by molar-refractivity contribution is -0.134. The van der Waals surface area contributed by atoms with Gasteiger partial charge in [-0.3, -0.25) is 9.59 Å². The van der Waals surface area contributed by atoms with E-state index in [0.717, 1.165) is 57.3 Å². The number of hydrogen-bond acceptors (Lipinski definition) is 6. The van der Waals surface area contributed by atoms with E-state index in [9.17, 15) is 14.7 Å². The Kier molecular flexibility index (Phi) is 9.23. The Morgan fingerprint density at radius 3 is 2.40 bits per heavy atom. The molecular weight excluding hydrogens is 540 g/mol. The number of hydrogen-bond donors (Lipinski definition) is 2. The molecule has 7 heteroatoms. The maximum absolute atomic E-state index is 12.2. The van der Waals surface area contributed by atoms with Crippen molar-refractivity contribution >= 4 is 17.4 Å². The second-order valence-corrected chi connectivity index (χ2v) is 13.7. The molecule has 0 spiro atoms. The molecule has 1 heterocycles.